The van der Waals surface area contributed by atoms with Crippen LogP contribution in [0.25, 0.3) is 0 Å². The average molecular weight is 285 g/mol. The predicted molar refractivity (Wildman–Crippen MR) is 82.3 cm³/mol. The highest BCUT2D eigenvalue weighted by atomic mass is 19.1. The summed E-state index contributed by atoms with van der Waals surface area (Å²) < 4.78 is 18.8. The van der Waals surface area contributed by atoms with E-state index in [0.717, 1.165) is 36.3 Å². The van der Waals surface area contributed by atoms with Crippen LogP contribution in [-0.2, 0) is 12.8 Å². The summed E-state index contributed by atoms with van der Waals surface area (Å²) >= 11 is 0. The predicted octanol–water partition coefficient (Wildman–Crippen LogP) is 3.57. The average Bonchev–Trinajstić information content (AvgIpc) is 2.50. The number of methoxy groups -OCH3 is 1. The number of fused-ring (bicyclic) bond motifs is 1. The van der Waals surface area contributed by atoms with Crippen molar-refractivity contribution in [2.75, 3.05) is 13.7 Å². The summed E-state index contributed by atoms with van der Waals surface area (Å²) in [5, 5.41) is 3.54. The smallest absolute Gasteiger partial charge is 0.123 e. The van der Waals surface area contributed by atoms with E-state index in [1.807, 2.05) is 19.1 Å². The van der Waals surface area contributed by atoms with E-state index < -0.39 is 0 Å². The molecule has 0 saturated carbocycles. The quantitative estimate of drug-likeness (QED) is 0.931. The van der Waals surface area contributed by atoms with Gasteiger partial charge in [0.15, 0.2) is 0 Å². The SMILES string of the molecule is COc1ccc2c(c1)CCNC2Cc1cc(F)ccc1C. The van der Waals surface area contributed by atoms with E-state index in [4.69, 9.17) is 4.74 Å². The van der Waals surface area contributed by atoms with Crippen molar-refractivity contribution in [1.82, 2.24) is 5.32 Å². The number of hydrogen-bond acceptors (Lipinski definition) is 2. The lowest BCUT2D eigenvalue weighted by atomic mass is 9.89. The van der Waals surface area contributed by atoms with E-state index in [0.29, 0.717) is 0 Å². The maximum atomic E-state index is 13.5. The lowest BCUT2D eigenvalue weighted by molar-refractivity contribution is 0.412. The third kappa shape index (κ3) is 2.93. The highest BCUT2D eigenvalue weighted by molar-refractivity contribution is 5.40. The van der Waals surface area contributed by atoms with Crippen molar-refractivity contribution in [3.63, 3.8) is 0 Å². The molecule has 1 aliphatic rings. The van der Waals surface area contributed by atoms with Crippen molar-refractivity contribution in [1.29, 1.82) is 0 Å². The van der Waals surface area contributed by atoms with E-state index in [9.17, 15) is 4.39 Å². The number of halogens is 1. The molecule has 0 bridgehead atoms. The lowest BCUT2D eigenvalue weighted by Gasteiger charge is -2.28. The molecule has 0 saturated heterocycles. The van der Waals surface area contributed by atoms with Gasteiger partial charge in [0.25, 0.3) is 0 Å². The first-order chi connectivity index (χ1) is 10.2. The first-order valence-corrected chi connectivity index (χ1v) is 7.32. The van der Waals surface area contributed by atoms with Crippen LogP contribution in [-0.4, -0.2) is 13.7 Å². The molecule has 1 heterocycles. The molecule has 2 nitrogen and oxygen atoms in total. The number of nitrogens with one attached hydrogen (secondary N) is 1. The maximum absolute atomic E-state index is 13.5. The Bertz CT molecular complexity index is 654. The van der Waals surface area contributed by atoms with Gasteiger partial charge < -0.3 is 10.1 Å². The van der Waals surface area contributed by atoms with Crippen LogP contribution in [0.3, 0.4) is 0 Å². The molecule has 0 spiro atoms. The molecule has 1 unspecified atom stereocenters. The minimum absolute atomic E-state index is 0.165. The maximum Gasteiger partial charge on any atom is 0.123 e. The van der Waals surface area contributed by atoms with Crippen LogP contribution in [0.4, 0.5) is 4.39 Å². The van der Waals surface area contributed by atoms with E-state index in [2.05, 4.69) is 17.4 Å². The number of aryl methyl sites for hydroxylation is 1. The molecule has 1 aliphatic heterocycles. The molecule has 2 aromatic carbocycles. The second-order valence-corrected chi connectivity index (χ2v) is 5.60. The molecule has 1 N–H and O–H groups in total. The summed E-state index contributed by atoms with van der Waals surface area (Å²) in [5.41, 5.74) is 4.83. The van der Waals surface area contributed by atoms with Gasteiger partial charge in [-0.05, 0) is 72.8 Å². The molecule has 3 rings (SSSR count). The van der Waals surface area contributed by atoms with E-state index in [-0.39, 0.29) is 11.9 Å². The van der Waals surface area contributed by atoms with Crippen LogP contribution in [0.5, 0.6) is 5.75 Å². The van der Waals surface area contributed by atoms with Gasteiger partial charge in [-0.2, -0.15) is 0 Å². The van der Waals surface area contributed by atoms with Gasteiger partial charge in [-0.25, -0.2) is 4.39 Å². The Balaban J connectivity index is 1.90. The standard InChI is InChI=1S/C18H20FNO/c1-12-3-4-15(19)9-14(12)11-18-17-6-5-16(21-2)10-13(17)7-8-20-18/h3-6,9-10,18,20H,7-8,11H2,1-2H3. The first-order valence-electron chi connectivity index (χ1n) is 7.32. The summed E-state index contributed by atoms with van der Waals surface area (Å²) in [4.78, 5) is 0. The molecule has 0 fully saturated rings. The Hall–Kier alpha value is -1.87. The van der Waals surface area contributed by atoms with Gasteiger partial charge in [0.1, 0.15) is 11.6 Å². The molecule has 1 atom stereocenters. The van der Waals surface area contributed by atoms with Crippen molar-refractivity contribution in [3.05, 3.63) is 64.5 Å². The Kier molecular flexibility index (Phi) is 3.93. The highest BCUT2D eigenvalue weighted by Gasteiger charge is 2.21. The van der Waals surface area contributed by atoms with Crippen LogP contribution in [0.1, 0.15) is 28.3 Å². The second kappa shape index (κ2) is 5.86. The van der Waals surface area contributed by atoms with E-state index in [1.54, 1.807) is 13.2 Å². The molecule has 2 aromatic rings. The number of ether oxygens (including phenoxy) is 1. The van der Waals surface area contributed by atoms with Gasteiger partial charge >= 0.3 is 0 Å². The Labute approximate surface area is 125 Å². The number of hydrogen-bond donors (Lipinski definition) is 1. The minimum Gasteiger partial charge on any atom is -0.497 e. The molecular weight excluding hydrogens is 265 g/mol. The van der Waals surface area contributed by atoms with Crippen molar-refractivity contribution in [2.45, 2.75) is 25.8 Å². The third-order valence-corrected chi connectivity index (χ3v) is 4.25. The van der Waals surface area contributed by atoms with Gasteiger partial charge in [-0.3, -0.25) is 0 Å². The summed E-state index contributed by atoms with van der Waals surface area (Å²) in [6.07, 6.45) is 1.81. The minimum atomic E-state index is -0.165. The zero-order chi connectivity index (χ0) is 14.8. The van der Waals surface area contributed by atoms with Crippen molar-refractivity contribution < 1.29 is 9.13 Å². The fourth-order valence-electron chi connectivity index (χ4n) is 3.02. The second-order valence-electron chi connectivity index (χ2n) is 5.60. The highest BCUT2D eigenvalue weighted by Crippen LogP contribution is 2.29. The van der Waals surface area contributed by atoms with Crippen LogP contribution in [0.2, 0.25) is 0 Å². The van der Waals surface area contributed by atoms with Gasteiger partial charge in [0.05, 0.1) is 7.11 Å². The Morgan fingerprint density at radius 2 is 2.10 bits per heavy atom. The number of benzene rings is 2. The lowest BCUT2D eigenvalue weighted by Crippen LogP contribution is -2.31. The Morgan fingerprint density at radius 1 is 1.24 bits per heavy atom. The summed E-state index contributed by atoms with van der Waals surface area (Å²) in [5.74, 6) is 0.734. The molecule has 0 aromatic heterocycles. The van der Waals surface area contributed by atoms with E-state index in [1.165, 1.54) is 17.2 Å². The van der Waals surface area contributed by atoms with Gasteiger partial charge in [-0.15, -0.1) is 0 Å². The zero-order valence-corrected chi connectivity index (χ0v) is 12.4. The Morgan fingerprint density at radius 3 is 2.90 bits per heavy atom. The topological polar surface area (TPSA) is 21.3 Å². The van der Waals surface area contributed by atoms with Crippen LogP contribution in [0.15, 0.2) is 36.4 Å². The largest absolute Gasteiger partial charge is 0.497 e. The van der Waals surface area contributed by atoms with Gasteiger partial charge in [0.2, 0.25) is 0 Å². The molecule has 110 valence electrons. The fourth-order valence-corrected chi connectivity index (χ4v) is 3.02. The first kappa shape index (κ1) is 14.1. The summed E-state index contributed by atoms with van der Waals surface area (Å²) in [6, 6.07) is 11.5. The molecule has 0 aliphatic carbocycles. The normalized spacial score (nSPS) is 17.4. The zero-order valence-electron chi connectivity index (χ0n) is 12.4. The van der Waals surface area contributed by atoms with Gasteiger partial charge in [0, 0.05) is 6.04 Å². The molecular formula is C18H20FNO. The molecule has 3 heteroatoms. The van der Waals surface area contributed by atoms with Crippen LogP contribution < -0.4 is 10.1 Å². The summed E-state index contributed by atoms with van der Waals surface area (Å²) in [6.45, 7) is 2.98. The monoisotopic (exact) mass is 285 g/mol. The van der Waals surface area contributed by atoms with Crippen molar-refractivity contribution >= 4 is 0 Å². The van der Waals surface area contributed by atoms with Crippen LogP contribution in [0, 0.1) is 12.7 Å². The van der Waals surface area contributed by atoms with Crippen molar-refractivity contribution in [3.8, 4) is 5.75 Å². The number of rotatable bonds is 3. The van der Waals surface area contributed by atoms with Crippen molar-refractivity contribution in [2.24, 2.45) is 0 Å². The van der Waals surface area contributed by atoms with Crippen LogP contribution >= 0.6 is 0 Å². The molecule has 0 amide bonds. The fraction of sp³-hybridized carbons (Fsp3) is 0.333. The molecule has 21 heavy (non-hydrogen) atoms. The van der Waals surface area contributed by atoms with E-state index >= 15 is 0 Å². The van der Waals surface area contributed by atoms with Gasteiger partial charge in [-0.1, -0.05) is 12.1 Å². The third-order valence-electron chi connectivity index (χ3n) is 4.25. The summed E-state index contributed by atoms with van der Waals surface area (Å²) in [7, 11) is 1.69. The molecule has 0 radical (unpaired) electrons.